The average Bonchev–Trinajstić information content (AvgIpc) is 2.82. The van der Waals surface area contributed by atoms with E-state index in [9.17, 15) is 0 Å². The molecule has 1 aliphatic rings. The first-order chi connectivity index (χ1) is 9.81. The van der Waals surface area contributed by atoms with Crippen molar-refractivity contribution in [1.82, 2.24) is 30.4 Å². The van der Waals surface area contributed by atoms with E-state index in [0.29, 0.717) is 18.0 Å². The molecule has 1 aromatic rings. The molecule has 0 aliphatic carbocycles. The number of nitrogens with zero attached hydrogens (tertiary/aromatic N) is 5. The largest absolute Gasteiger partial charge is 0.311 e. The number of aryl methyl sites for hydroxylation is 1. The third kappa shape index (κ3) is 4.01. The summed E-state index contributed by atoms with van der Waals surface area (Å²) in [7, 11) is 1.82. The van der Waals surface area contributed by atoms with Gasteiger partial charge >= 0.3 is 0 Å². The number of tetrazole rings is 1. The number of aromatic nitrogens is 4. The molecule has 6 nitrogen and oxygen atoms in total. The quantitative estimate of drug-likeness (QED) is 0.910. The lowest BCUT2D eigenvalue weighted by molar-refractivity contribution is 0.0503. The third-order valence-corrected chi connectivity index (χ3v) is 4.70. The van der Waals surface area contributed by atoms with Gasteiger partial charge in [0, 0.05) is 25.2 Å². The summed E-state index contributed by atoms with van der Waals surface area (Å²) in [5.41, 5.74) is 0.258. The van der Waals surface area contributed by atoms with E-state index < -0.39 is 0 Å². The van der Waals surface area contributed by atoms with Gasteiger partial charge in [0.15, 0.2) is 5.82 Å². The molecular formula is C15H30N6. The minimum absolute atomic E-state index is 0.258. The predicted octanol–water partition coefficient (Wildman–Crippen LogP) is 1.44. The molecule has 0 aromatic carbocycles. The van der Waals surface area contributed by atoms with E-state index in [-0.39, 0.29) is 5.41 Å². The molecule has 1 saturated heterocycles. The maximum Gasteiger partial charge on any atom is 0.188 e. The molecule has 6 heteroatoms. The summed E-state index contributed by atoms with van der Waals surface area (Å²) in [6, 6.07) is 1.03. The zero-order chi connectivity index (χ0) is 15.6. The summed E-state index contributed by atoms with van der Waals surface area (Å²) in [5, 5.41) is 16.2. The molecule has 2 heterocycles. The highest BCUT2D eigenvalue weighted by Gasteiger charge is 2.36. The van der Waals surface area contributed by atoms with Crippen molar-refractivity contribution in [2.24, 2.45) is 18.4 Å². The van der Waals surface area contributed by atoms with Gasteiger partial charge in [-0.1, -0.05) is 41.0 Å². The van der Waals surface area contributed by atoms with Gasteiger partial charge in [-0.3, -0.25) is 4.90 Å². The van der Waals surface area contributed by atoms with Crippen LogP contribution in [0.4, 0.5) is 0 Å². The van der Waals surface area contributed by atoms with Crippen molar-refractivity contribution in [3.63, 3.8) is 0 Å². The van der Waals surface area contributed by atoms with Crippen molar-refractivity contribution in [1.29, 1.82) is 0 Å². The van der Waals surface area contributed by atoms with E-state index in [1.165, 1.54) is 11.2 Å². The number of hydrogen-bond donors (Lipinski definition) is 1. The van der Waals surface area contributed by atoms with Crippen LogP contribution >= 0.6 is 0 Å². The van der Waals surface area contributed by atoms with Crippen LogP contribution in [0, 0.1) is 11.3 Å². The highest BCUT2D eigenvalue weighted by molar-refractivity contribution is 4.95. The van der Waals surface area contributed by atoms with Gasteiger partial charge < -0.3 is 5.32 Å². The minimum Gasteiger partial charge on any atom is -0.311 e. The maximum atomic E-state index is 4.34. The van der Waals surface area contributed by atoms with E-state index in [2.05, 4.69) is 60.2 Å². The lowest BCUT2D eigenvalue weighted by atomic mass is 9.83. The first-order valence-electron chi connectivity index (χ1n) is 8.01. The van der Waals surface area contributed by atoms with Crippen molar-refractivity contribution in [3.8, 4) is 0 Å². The number of rotatable bonds is 4. The Hall–Kier alpha value is -1.01. The summed E-state index contributed by atoms with van der Waals surface area (Å²) in [4.78, 5) is 4.08. The van der Waals surface area contributed by atoms with E-state index in [1.54, 1.807) is 0 Å². The van der Waals surface area contributed by atoms with Crippen molar-refractivity contribution < 1.29 is 0 Å². The van der Waals surface area contributed by atoms with Gasteiger partial charge in [-0.05, 0) is 16.5 Å². The molecule has 0 spiro atoms. The maximum absolute atomic E-state index is 4.34. The van der Waals surface area contributed by atoms with Gasteiger partial charge in [0.2, 0.25) is 0 Å². The molecule has 0 bridgehead atoms. The van der Waals surface area contributed by atoms with Gasteiger partial charge in [0.05, 0.1) is 13.6 Å². The second kappa shape index (κ2) is 6.40. The number of nitrogens with one attached hydrogen (secondary N) is 1. The summed E-state index contributed by atoms with van der Waals surface area (Å²) in [6.45, 7) is 14.4. The van der Waals surface area contributed by atoms with Crippen LogP contribution in [0.5, 0.6) is 0 Å². The SMILES string of the molecule is CCC(C)C1CNC(C(C)(C)C)CN1Cc1nnn(C)n1. The summed E-state index contributed by atoms with van der Waals surface area (Å²) < 4.78 is 0. The van der Waals surface area contributed by atoms with Crippen molar-refractivity contribution >= 4 is 0 Å². The monoisotopic (exact) mass is 294 g/mol. The molecule has 0 amide bonds. The van der Waals surface area contributed by atoms with Gasteiger partial charge in [0.1, 0.15) is 0 Å². The fourth-order valence-corrected chi connectivity index (χ4v) is 2.99. The van der Waals surface area contributed by atoms with Gasteiger partial charge in [-0.25, -0.2) is 0 Å². The molecule has 0 radical (unpaired) electrons. The molecular weight excluding hydrogens is 264 g/mol. The average molecular weight is 294 g/mol. The minimum atomic E-state index is 0.258. The van der Waals surface area contributed by atoms with Crippen LogP contribution in [0.1, 0.15) is 46.9 Å². The lowest BCUT2D eigenvalue weighted by Gasteiger charge is -2.46. The van der Waals surface area contributed by atoms with E-state index in [4.69, 9.17) is 0 Å². The molecule has 0 saturated carbocycles. The highest BCUT2D eigenvalue weighted by atomic mass is 15.6. The Morgan fingerprint density at radius 2 is 2.10 bits per heavy atom. The van der Waals surface area contributed by atoms with Crippen LogP contribution in [-0.4, -0.2) is 50.3 Å². The predicted molar refractivity (Wildman–Crippen MR) is 83.7 cm³/mol. The molecule has 1 aliphatic heterocycles. The number of hydrogen-bond acceptors (Lipinski definition) is 5. The van der Waals surface area contributed by atoms with Crippen LogP contribution in [0.3, 0.4) is 0 Å². The second-order valence-corrected chi connectivity index (χ2v) is 7.40. The molecule has 1 aromatic heterocycles. The molecule has 1 fully saturated rings. The van der Waals surface area contributed by atoms with Crippen LogP contribution in [0.25, 0.3) is 0 Å². The molecule has 3 unspecified atom stereocenters. The summed E-state index contributed by atoms with van der Waals surface area (Å²) in [6.07, 6.45) is 1.19. The van der Waals surface area contributed by atoms with Crippen molar-refractivity contribution in [2.75, 3.05) is 13.1 Å². The zero-order valence-electron chi connectivity index (χ0n) is 14.3. The van der Waals surface area contributed by atoms with Gasteiger partial charge in [-0.2, -0.15) is 4.80 Å². The Labute approximate surface area is 128 Å². The molecule has 120 valence electrons. The van der Waals surface area contributed by atoms with E-state index in [1.807, 2.05) is 7.05 Å². The third-order valence-electron chi connectivity index (χ3n) is 4.70. The van der Waals surface area contributed by atoms with Crippen molar-refractivity contribution in [3.05, 3.63) is 5.82 Å². The Morgan fingerprint density at radius 3 is 2.62 bits per heavy atom. The lowest BCUT2D eigenvalue weighted by Crippen LogP contribution is -2.61. The normalized spacial score (nSPS) is 26.0. The standard InChI is InChI=1S/C15H30N6/c1-7-11(2)12-8-16-13(15(3,4)5)9-21(12)10-14-17-19-20(6)18-14/h11-13,16H,7-10H2,1-6H3. The smallest absolute Gasteiger partial charge is 0.188 e. The fraction of sp³-hybridized carbons (Fsp3) is 0.933. The molecule has 21 heavy (non-hydrogen) atoms. The van der Waals surface area contributed by atoms with Crippen LogP contribution in [0.2, 0.25) is 0 Å². The Morgan fingerprint density at radius 1 is 1.38 bits per heavy atom. The zero-order valence-corrected chi connectivity index (χ0v) is 14.3. The first-order valence-corrected chi connectivity index (χ1v) is 8.01. The summed E-state index contributed by atoms with van der Waals surface area (Å²) >= 11 is 0. The van der Waals surface area contributed by atoms with Crippen LogP contribution in [-0.2, 0) is 13.6 Å². The Kier molecular flexibility index (Phi) is 4.99. The van der Waals surface area contributed by atoms with E-state index in [0.717, 1.165) is 25.5 Å². The fourth-order valence-electron chi connectivity index (χ4n) is 2.99. The topological polar surface area (TPSA) is 58.9 Å². The second-order valence-electron chi connectivity index (χ2n) is 7.40. The summed E-state index contributed by atoms with van der Waals surface area (Å²) in [5.74, 6) is 1.48. The molecule has 3 atom stereocenters. The van der Waals surface area contributed by atoms with Crippen molar-refractivity contribution in [2.45, 2.75) is 59.7 Å². The number of piperazine rings is 1. The first kappa shape index (κ1) is 16.4. The highest BCUT2D eigenvalue weighted by Crippen LogP contribution is 2.27. The Balaban J connectivity index is 2.12. The van der Waals surface area contributed by atoms with E-state index >= 15 is 0 Å². The van der Waals surface area contributed by atoms with Crippen LogP contribution in [0.15, 0.2) is 0 Å². The van der Waals surface area contributed by atoms with Crippen LogP contribution < -0.4 is 5.32 Å². The Bertz CT molecular complexity index is 449. The molecule has 2 rings (SSSR count). The van der Waals surface area contributed by atoms with Gasteiger partial charge in [-0.15, -0.1) is 10.2 Å². The van der Waals surface area contributed by atoms with Gasteiger partial charge in [0.25, 0.3) is 0 Å². The molecule has 1 N–H and O–H groups in total.